The van der Waals surface area contributed by atoms with Gasteiger partial charge in [0.25, 0.3) is 0 Å². The van der Waals surface area contributed by atoms with Crippen LogP contribution in [0.1, 0.15) is 13.3 Å². The zero-order valence-corrected chi connectivity index (χ0v) is 8.89. The number of nitrogen functional groups attached to an aromatic ring is 1. The minimum atomic E-state index is 0.281. The fourth-order valence-corrected chi connectivity index (χ4v) is 1.66. The van der Waals surface area contributed by atoms with Crippen molar-refractivity contribution in [2.75, 3.05) is 30.3 Å². The Bertz CT molecular complexity index is 331. The molecule has 0 saturated carbocycles. The van der Waals surface area contributed by atoms with Gasteiger partial charge in [0.2, 0.25) is 5.95 Å². The molecule has 1 aliphatic rings. The molecule has 5 heteroatoms. The van der Waals surface area contributed by atoms with E-state index in [0.717, 1.165) is 26.1 Å². The molecule has 0 amide bonds. The molecule has 15 heavy (non-hydrogen) atoms. The van der Waals surface area contributed by atoms with Gasteiger partial charge in [-0.25, -0.2) is 4.98 Å². The average molecular weight is 208 g/mol. The molecule has 0 aromatic carbocycles. The highest BCUT2D eigenvalue weighted by atomic mass is 16.5. The van der Waals surface area contributed by atoms with Gasteiger partial charge in [-0.05, 0) is 12.5 Å². The zero-order chi connectivity index (χ0) is 10.7. The van der Waals surface area contributed by atoms with Gasteiger partial charge in [-0.3, -0.25) is 0 Å². The van der Waals surface area contributed by atoms with Gasteiger partial charge in [-0.15, -0.1) is 0 Å². The summed E-state index contributed by atoms with van der Waals surface area (Å²) in [4.78, 5) is 10.5. The fraction of sp³-hybridized carbons (Fsp3) is 0.600. The van der Waals surface area contributed by atoms with Crippen molar-refractivity contribution in [3.63, 3.8) is 0 Å². The van der Waals surface area contributed by atoms with Gasteiger partial charge in [0.1, 0.15) is 5.82 Å². The quantitative estimate of drug-likeness (QED) is 0.774. The molecule has 2 heterocycles. The first kappa shape index (κ1) is 10.2. The van der Waals surface area contributed by atoms with Crippen molar-refractivity contribution in [2.24, 2.45) is 0 Å². The fourth-order valence-electron chi connectivity index (χ4n) is 1.66. The van der Waals surface area contributed by atoms with E-state index >= 15 is 0 Å². The number of ether oxygens (including phenoxy) is 1. The van der Waals surface area contributed by atoms with Crippen molar-refractivity contribution >= 4 is 11.8 Å². The van der Waals surface area contributed by atoms with Crippen molar-refractivity contribution in [3.05, 3.63) is 12.3 Å². The summed E-state index contributed by atoms with van der Waals surface area (Å²) in [5.41, 5.74) is 5.62. The monoisotopic (exact) mass is 208 g/mol. The van der Waals surface area contributed by atoms with Crippen LogP contribution in [0.2, 0.25) is 0 Å². The molecule has 2 rings (SSSR count). The first-order valence-corrected chi connectivity index (χ1v) is 5.24. The third-order valence-electron chi connectivity index (χ3n) is 2.54. The van der Waals surface area contributed by atoms with Crippen molar-refractivity contribution in [3.8, 4) is 0 Å². The highest BCUT2D eigenvalue weighted by Crippen LogP contribution is 2.14. The lowest BCUT2D eigenvalue weighted by molar-refractivity contribution is 0.0379. The Labute approximate surface area is 89.3 Å². The molecule has 1 fully saturated rings. The molecule has 1 aliphatic heterocycles. The minimum absolute atomic E-state index is 0.281. The van der Waals surface area contributed by atoms with E-state index in [2.05, 4.69) is 21.8 Å². The zero-order valence-electron chi connectivity index (χ0n) is 8.89. The molecule has 0 spiro atoms. The van der Waals surface area contributed by atoms with Crippen LogP contribution in [0.15, 0.2) is 12.3 Å². The van der Waals surface area contributed by atoms with Crippen LogP contribution in [0.3, 0.4) is 0 Å². The van der Waals surface area contributed by atoms with Gasteiger partial charge in [-0.1, -0.05) is 6.92 Å². The Morgan fingerprint density at radius 2 is 2.53 bits per heavy atom. The Hall–Kier alpha value is -1.36. The molecule has 0 bridgehead atoms. The first-order valence-electron chi connectivity index (χ1n) is 5.24. The molecule has 2 N–H and O–H groups in total. The predicted octanol–water partition coefficient (Wildman–Crippen LogP) is 0.674. The van der Waals surface area contributed by atoms with E-state index in [-0.39, 0.29) is 6.10 Å². The van der Waals surface area contributed by atoms with Gasteiger partial charge in [0, 0.05) is 19.3 Å². The maximum atomic E-state index is 5.62. The number of anilines is 2. The van der Waals surface area contributed by atoms with Crippen molar-refractivity contribution in [1.82, 2.24) is 9.97 Å². The second-order valence-electron chi connectivity index (χ2n) is 3.63. The summed E-state index contributed by atoms with van der Waals surface area (Å²) in [6, 6.07) is 1.70. The summed E-state index contributed by atoms with van der Waals surface area (Å²) in [6.45, 7) is 4.53. The second-order valence-corrected chi connectivity index (χ2v) is 3.63. The lowest BCUT2D eigenvalue weighted by Gasteiger charge is -2.32. The summed E-state index contributed by atoms with van der Waals surface area (Å²) in [5, 5.41) is 0. The molecule has 5 nitrogen and oxygen atoms in total. The van der Waals surface area contributed by atoms with Gasteiger partial charge in [-0.2, -0.15) is 4.98 Å². The number of nitrogens with zero attached hydrogens (tertiary/aromatic N) is 3. The maximum Gasteiger partial charge on any atom is 0.227 e. The van der Waals surface area contributed by atoms with Gasteiger partial charge in [0.15, 0.2) is 0 Å². The maximum absolute atomic E-state index is 5.62. The Morgan fingerprint density at radius 3 is 3.27 bits per heavy atom. The smallest absolute Gasteiger partial charge is 0.227 e. The normalized spacial score (nSPS) is 21.7. The number of rotatable bonds is 2. The van der Waals surface area contributed by atoms with Gasteiger partial charge >= 0.3 is 0 Å². The number of nitrogens with two attached hydrogens (primary N) is 1. The van der Waals surface area contributed by atoms with Gasteiger partial charge in [0.05, 0.1) is 12.7 Å². The number of hydrogen-bond donors (Lipinski definition) is 1. The molecular formula is C10H16N4O. The predicted molar refractivity (Wildman–Crippen MR) is 58.7 cm³/mol. The van der Waals surface area contributed by atoms with E-state index in [1.807, 2.05) is 0 Å². The molecular weight excluding hydrogens is 192 g/mol. The number of aromatic nitrogens is 2. The standard InChI is InChI=1S/C10H16N4O/c1-2-8-7-14(5-6-15-8)10-12-4-3-9(11)13-10/h3-4,8H,2,5-7H2,1H3,(H2,11,12,13). The molecule has 1 atom stereocenters. The van der Waals surface area contributed by atoms with Crippen LogP contribution < -0.4 is 10.6 Å². The number of morpholine rings is 1. The molecule has 1 aromatic heterocycles. The van der Waals surface area contributed by atoms with Crippen LogP contribution in [0.4, 0.5) is 11.8 Å². The topological polar surface area (TPSA) is 64.3 Å². The average Bonchev–Trinajstić information content (AvgIpc) is 2.29. The lowest BCUT2D eigenvalue weighted by atomic mass is 10.2. The van der Waals surface area contributed by atoms with E-state index < -0.39 is 0 Å². The van der Waals surface area contributed by atoms with Crippen LogP contribution in [0.25, 0.3) is 0 Å². The van der Waals surface area contributed by atoms with E-state index in [4.69, 9.17) is 10.5 Å². The highest BCUT2D eigenvalue weighted by molar-refractivity contribution is 5.38. The van der Waals surface area contributed by atoms with Crippen LogP contribution in [0.5, 0.6) is 0 Å². The summed E-state index contributed by atoms with van der Waals surface area (Å²) < 4.78 is 5.58. The van der Waals surface area contributed by atoms with Crippen LogP contribution in [0, 0.1) is 0 Å². The summed E-state index contributed by atoms with van der Waals surface area (Å²) in [6.07, 6.45) is 2.98. The second kappa shape index (κ2) is 4.44. The molecule has 0 aliphatic carbocycles. The number of hydrogen-bond acceptors (Lipinski definition) is 5. The molecule has 1 aromatic rings. The van der Waals surface area contributed by atoms with Crippen molar-refractivity contribution in [1.29, 1.82) is 0 Å². The molecule has 1 saturated heterocycles. The Balaban J connectivity index is 2.09. The summed E-state index contributed by atoms with van der Waals surface area (Å²) in [5.74, 6) is 1.22. The first-order chi connectivity index (χ1) is 7.29. The third kappa shape index (κ3) is 2.36. The summed E-state index contributed by atoms with van der Waals surface area (Å²) in [7, 11) is 0. The Morgan fingerprint density at radius 1 is 1.67 bits per heavy atom. The van der Waals surface area contributed by atoms with Crippen molar-refractivity contribution in [2.45, 2.75) is 19.4 Å². The molecule has 1 unspecified atom stereocenters. The van der Waals surface area contributed by atoms with E-state index in [0.29, 0.717) is 11.8 Å². The van der Waals surface area contributed by atoms with Crippen LogP contribution >= 0.6 is 0 Å². The van der Waals surface area contributed by atoms with Crippen LogP contribution in [-0.2, 0) is 4.74 Å². The van der Waals surface area contributed by atoms with Crippen molar-refractivity contribution < 1.29 is 4.74 Å². The molecule has 0 radical (unpaired) electrons. The summed E-state index contributed by atoms with van der Waals surface area (Å²) >= 11 is 0. The van der Waals surface area contributed by atoms with E-state index in [1.165, 1.54) is 0 Å². The van der Waals surface area contributed by atoms with E-state index in [1.54, 1.807) is 12.3 Å². The SMILES string of the molecule is CCC1CN(c2nccc(N)n2)CCO1. The van der Waals surface area contributed by atoms with Gasteiger partial charge < -0.3 is 15.4 Å². The highest BCUT2D eigenvalue weighted by Gasteiger charge is 2.20. The minimum Gasteiger partial charge on any atom is -0.384 e. The van der Waals surface area contributed by atoms with Crippen LogP contribution in [-0.4, -0.2) is 35.8 Å². The largest absolute Gasteiger partial charge is 0.384 e. The van der Waals surface area contributed by atoms with E-state index in [9.17, 15) is 0 Å². The third-order valence-corrected chi connectivity index (χ3v) is 2.54. The molecule has 82 valence electrons. The lowest BCUT2D eigenvalue weighted by Crippen LogP contribution is -2.43. The Kier molecular flexibility index (Phi) is 3.01.